The maximum atomic E-state index is 13.1. The van der Waals surface area contributed by atoms with E-state index in [-0.39, 0.29) is 29.6 Å². The van der Waals surface area contributed by atoms with Crippen LogP contribution in [0, 0.1) is 11.3 Å². The smallest absolute Gasteiger partial charge is 0.223 e. The standard InChI is InChI=1S/C19H26N6O2S/c20-12-8-7-11(10-12)17(27)24-14(5-3-9-23-19(21)22)16(26)18-25-13-4-1-2-6-15(13)28-18/h1-2,4,6,11-12,14H,3,5,7-10,20H2,(H,24,27)(H4,21,22,23)/t11-,12+,14?/m0/s1. The molecule has 0 radical (unpaired) electrons. The molecule has 1 aromatic carbocycles. The monoisotopic (exact) mass is 402 g/mol. The van der Waals surface area contributed by atoms with Gasteiger partial charge in [0.15, 0.2) is 11.0 Å². The minimum atomic E-state index is -0.654. The number of thiazole rings is 1. The highest BCUT2D eigenvalue weighted by Crippen LogP contribution is 2.26. The number of benzene rings is 1. The van der Waals surface area contributed by atoms with Crippen molar-refractivity contribution in [2.45, 2.75) is 44.2 Å². The maximum absolute atomic E-state index is 13.1. The number of para-hydroxylation sites is 1. The third-order valence-corrected chi connectivity index (χ3v) is 6.02. The number of Topliss-reactive ketones (excluding diaryl/α,β-unsaturated/α-hetero) is 1. The minimum absolute atomic E-state index is 0.0499. The molecule has 1 saturated carbocycles. The van der Waals surface area contributed by atoms with Crippen LogP contribution in [0.1, 0.15) is 41.9 Å². The molecule has 0 saturated heterocycles. The highest BCUT2D eigenvalue weighted by atomic mass is 32.1. The second-order valence-electron chi connectivity index (χ2n) is 7.16. The van der Waals surface area contributed by atoms with Crippen LogP contribution in [0.2, 0.25) is 0 Å². The van der Waals surface area contributed by atoms with Gasteiger partial charge in [0.05, 0.1) is 16.3 Å². The number of fused-ring (bicyclic) bond motifs is 1. The summed E-state index contributed by atoms with van der Waals surface area (Å²) in [4.78, 5) is 30.2. The van der Waals surface area contributed by atoms with Crippen molar-refractivity contribution in [3.63, 3.8) is 0 Å². The van der Waals surface area contributed by atoms with Gasteiger partial charge in [-0.1, -0.05) is 12.1 Å². The third-order valence-electron chi connectivity index (χ3n) is 4.97. The van der Waals surface area contributed by atoms with Crippen LogP contribution >= 0.6 is 11.3 Å². The average molecular weight is 403 g/mol. The van der Waals surface area contributed by atoms with E-state index in [1.54, 1.807) is 0 Å². The lowest BCUT2D eigenvalue weighted by atomic mass is 10.0. The molecule has 3 rings (SSSR count). The molecule has 1 unspecified atom stereocenters. The fourth-order valence-electron chi connectivity index (χ4n) is 3.47. The molecule has 1 aromatic heterocycles. The number of aromatic nitrogens is 1. The van der Waals surface area contributed by atoms with E-state index >= 15 is 0 Å². The Kier molecular flexibility index (Phi) is 6.58. The van der Waals surface area contributed by atoms with Crippen LogP contribution in [0.25, 0.3) is 10.2 Å². The molecule has 8 nitrogen and oxygen atoms in total. The molecular weight excluding hydrogens is 376 g/mol. The lowest BCUT2D eigenvalue weighted by Crippen LogP contribution is -2.44. The first-order valence-electron chi connectivity index (χ1n) is 9.47. The van der Waals surface area contributed by atoms with Crippen molar-refractivity contribution in [2.24, 2.45) is 17.4 Å². The Labute approximate surface area is 167 Å². The SMILES string of the molecule is N=C(N)NCCCC(NC(=O)[C@H]1CC[C@@H](N)C1)C(=O)c1nc2ccccc2s1. The lowest BCUT2D eigenvalue weighted by Gasteiger charge is -2.19. The molecule has 2 aromatic rings. The summed E-state index contributed by atoms with van der Waals surface area (Å²) in [5.74, 6) is -0.555. The molecule has 1 amide bonds. The molecule has 1 fully saturated rings. The summed E-state index contributed by atoms with van der Waals surface area (Å²) < 4.78 is 0.941. The van der Waals surface area contributed by atoms with Crippen LogP contribution in [-0.4, -0.2) is 41.3 Å². The number of guanidine groups is 1. The quantitative estimate of drug-likeness (QED) is 0.195. The van der Waals surface area contributed by atoms with Gasteiger partial charge in [-0.05, 0) is 44.2 Å². The Morgan fingerprint density at radius 2 is 2.11 bits per heavy atom. The molecule has 1 aliphatic carbocycles. The van der Waals surface area contributed by atoms with E-state index in [1.165, 1.54) is 11.3 Å². The Morgan fingerprint density at radius 3 is 2.79 bits per heavy atom. The van der Waals surface area contributed by atoms with Crippen LogP contribution in [0.4, 0.5) is 0 Å². The zero-order valence-electron chi connectivity index (χ0n) is 15.6. The number of hydrogen-bond donors (Lipinski definition) is 5. The van der Waals surface area contributed by atoms with Gasteiger partial charge in [-0.25, -0.2) is 4.98 Å². The van der Waals surface area contributed by atoms with E-state index in [2.05, 4.69) is 15.6 Å². The summed E-state index contributed by atoms with van der Waals surface area (Å²) in [6, 6.07) is 6.98. The predicted octanol–water partition coefficient (Wildman–Crippen LogP) is 1.35. The first-order chi connectivity index (χ1) is 13.4. The number of amides is 1. The summed E-state index contributed by atoms with van der Waals surface area (Å²) in [7, 11) is 0. The van der Waals surface area contributed by atoms with E-state index in [1.807, 2.05) is 24.3 Å². The van der Waals surface area contributed by atoms with E-state index in [9.17, 15) is 9.59 Å². The molecule has 0 bridgehead atoms. The molecule has 3 atom stereocenters. The Bertz CT molecular complexity index is 834. The van der Waals surface area contributed by atoms with E-state index < -0.39 is 6.04 Å². The number of carbonyl (C=O) groups is 2. The summed E-state index contributed by atoms with van der Waals surface area (Å²) in [6.45, 7) is 0.461. The number of carbonyl (C=O) groups excluding carboxylic acids is 2. The molecule has 1 heterocycles. The van der Waals surface area contributed by atoms with Crippen molar-refractivity contribution in [1.29, 1.82) is 5.41 Å². The Balaban J connectivity index is 1.71. The fourth-order valence-corrected chi connectivity index (χ4v) is 4.43. The van der Waals surface area contributed by atoms with Crippen LogP contribution in [0.5, 0.6) is 0 Å². The summed E-state index contributed by atoms with van der Waals surface area (Å²) in [5, 5.41) is 13.3. The average Bonchev–Trinajstić information content (AvgIpc) is 3.29. The summed E-state index contributed by atoms with van der Waals surface area (Å²) >= 11 is 1.34. The van der Waals surface area contributed by atoms with Gasteiger partial charge >= 0.3 is 0 Å². The lowest BCUT2D eigenvalue weighted by molar-refractivity contribution is -0.125. The number of ketones is 1. The third kappa shape index (κ3) is 5.05. The van der Waals surface area contributed by atoms with Gasteiger partial charge in [0.1, 0.15) is 0 Å². The molecular formula is C19H26N6O2S. The van der Waals surface area contributed by atoms with Crippen molar-refractivity contribution in [3.8, 4) is 0 Å². The van der Waals surface area contributed by atoms with Gasteiger partial charge in [-0.15, -0.1) is 11.3 Å². The molecule has 150 valence electrons. The zero-order chi connectivity index (χ0) is 20.1. The van der Waals surface area contributed by atoms with Crippen molar-refractivity contribution in [3.05, 3.63) is 29.3 Å². The summed E-state index contributed by atoms with van der Waals surface area (Å²) in [6.07, 6.45) is 3.27. The van der Waals surface area contributed by atoms with Crippen LogP contribution < -0.4 is 22.1 Å². The van der Waals surface area contributed by atoms with Crippen LogP contribution in [-0.2, 0) is 4.79 Å². The normalized spacial score (nSPS) is 20.0. The molecule has 0 spiro atoms. The first kappa shape index (κ1) is 20.2. The van der Waals surface area contributed by atoms with Gasteiger partial charge in [-0.3, -0.25) is 15.0 Å². The maximum Gasteiger partial charge on any atom is 0.223 e. The highest BCUT2D eigenvalue weighted by molar-refractivity contribution is 7.20. The van der Waals surface area contributed by atoms with Crippen LogP contribution in [0.3, 0.4) is 0 Å². The van der Waals surface area contributed by atoms with E-state index in [0.717, 1.165) is 23.1 Å². The van der Waals surface area contributed by atoms with E-state index in [0.29, 0.717) is 30.8 Å². The molecule has 7 N–H and O–H groups in total. The van der Waals surface area contributed by atoms with Crippen molar-refractivity contribution in [1.82, 2.24) is 15.6 Å². The second kappa shape index (κ2) is 9.11. The number of nitrogens with zero attached hydrogens (tertiary/aromatic N) is 1. The number of rotatable bonds is 8. The summed E-state index contributed by atoms with van der Waals surface area (Å²) in [5.41, 5.74) is 12.0. The second-order valence-corrected chi connectivity index (χ2v) is 8.20. The number of nitrogens with two attached hydrogens (primary N) is 2. The van der Waals surface area contributed by atoms with E-state index in [4.69, 9.17) is 16.9 Å². The van der Waals surface area contributed by atoms with Crippen molar-refractivity contribution in [2.75, 3.05) is 6.54 Å². The van der Waals surface area contributed by atoms with Gasteiger partial charge in [0.2, 0.25) is 11.7 Å². The Morgan fingerprint density at radius 1 is 1.32 bits per heavy atom. The topological polar surface area (TPSA) is 147 Å². The van der Waals surface area contributed by atoms with Crippen molar-refractivity contribution < 1.29 is 9.59 Å². The molecule has 0 aliphatic heterocycles. The van der Waals surface area contributed by atoms with Gasteiger partial charge in [-0.2, -0.15) is 0 Å². The first-order valence-corrected chi connectivity index (χ1v) is 10.3. The fraction of sp³-hybridized carbons (Fsp3) is 0.474. The predicted molar refractivity (Wildman–Crippen MR) is 110 cm³/mol. The Hall–Kier alpha value is -2.52. The van der Waals surface area contributed by atoms with Gasteiger partial charge in [0, 0.05) is 18.5 Å². The van der Waals surface area contributed by atoms with Crippen molar-refractivity contribution >= 4 is 39.2 Å². The van der Waals surface area contributed by atoms with Crippen LogP contribution in [0.15, 0.2) is 24.3 Å². The van der Waals surface area contributed by atoms with Gasteiger partial charge in [0.25, 0.3) is 0 Å². The largest absolute Gasteiger partial charge is 0.370 e. The molecule has 28 heavy (non-hydrogen) atoms. The van der Waals surface area contributed by atoms with Gasteiger partial charge < -0.3 is 22.1 Å². The highest BCUT2D eigenvalue weighted by Gasteiger charge is 2.31. The zero-order valence-corrected chi connectivity index (χ0v) is 16.4. The number of hydrogen-bond acceptors (Lipinski definition) is 6. The molecule has 1 aliphatic rings. The molecule has 9 heteroatoms. The minimum Gasteiger partial charge on any atom is -0.370 e. The number of nitrogens with one attached hydrogen (secondary N) is 3.